The van der Waals surface area contributed by atoms with Gasteiger partial charge in [-0.25, -0.2) is 4.90 Å². The zero-order valence-electron chi connectivity index (χ0n) is 16.7. The Labute approximate surface area is 174 Å². The van der Waals surface area contributed by atoms with Crippen molar-refractivity contribution >= 4 is 34.8 Å². The van der Waals surface area contributed by atoms with Gasteiger partial charge in [-0.1, -0.05) is 6.07 Å². The first-order valence-electron chi connectivity index (χ1n) is 9.86. The molecule has 0 aromatic heterocycles. The van der Waals surface area contributed by atoms with Gasteiger partial charge in [0.05, 0.1) is 25.3 Å². The summed E-state index contributed by atoms with van der Waals surface area (Å²) in [6.07, 6.45) is 0.0574. The summed E-state index contributed by atoms with van der Waals surface area (Å²) in [7, 11) is 0. The molecule has 0 radical (unpaired) electrons. The molecule has 0 aliphatic carbocycles. The SMILES string of the molecule is CC(=O)Oc1cccc(N2C(=O)C[C@@H](Nc3ccc(N4CCOCC4)cc3)C2=O)c1. The second kappa shape index (κ2) is 8.54. The van der Waals surface area contributed by atoms with Crippen molar-refractivity contribution in [1.29, 1.82) is 0 Å². The zero-order valence-corrected chi connectivity index (χ0v) is 16.7. The predicted molar refractivity (Wildman–Crippen MR) is 112 cm³/mol. The minimum Gasteiger partial charge on any atom is -0.427 e. The largest absolute Gasteiger partial charge is 0.427 e. The van der Waals surface area contributed by atoms with E-state index in [1.54, 1.807) is 18.2 Å². The Bertz CT molecular complexity index is 954. The number of hydrogen-bond acceptors (Lipinski definition) is 7. The van der Waals surface area contributed by atoms with Crippen molar-refractivity contribution in [2.45, 2.75) is 19.4 Å². The number of esters is 1. The zero-order chi connectivity index (χ0) is 21.1. The third-order valence-electron chi connectivity index (χ3n) is 5.07. The number of nitrogens with one attached hydrogen (secondary N) is 1. The van der Waals surface area contributed by atoms with Gasteiger partial charge >= 0.3 is 5.97 Å². The van der Waals surface area contributed by atoms with Crippen LogP contribution < -0.4 is 19.9 Å². The number of anilines is 3. The van der Waals surface area contributed by atoms with Gasteiger partial charge in [0.1, 0.15) is 11.8 Å². The van der Waals surface area contributed by atoms with Crippen LogP contribution in [0.5, 0.6) is 5.75 Å². The molecule has 2 heterocycles. The van der Waals surface area contributed by atoms with Crippen LogP contribution in [0.1, 0.15) is 13.3 Å². The van der Waals surface area contributed by atoms with Crippen LogP contribution in [0.2, 0.25) is 0 Å². The summed E-state index contributed by atoms with van der Waals surface area (Å²) in [5.41, 5.74) is 2.26. The highest BCUT2D eigenvalue weighted by Gasteiger charge is 2.39. The molecule has 8 heteroatoms. The number of amides is 2. The number of hydrogen-bond donors (Lipinski definition) is 1. The molecule has 0 saturated carbocycles. The number of carbonyl (C=O) groups is 3. The topological polar surface area (TPSA) is 88.2 Å². The Morgan fingerprint density at radius 2 is 1.80 bits per heavy atom. The van der Waals surface area contributed by atoms with Crippen molar-refractivity contribution in [2.75, 3.05) is 41.4 Å². The molecule has 8 nitrogen and oxygen atoms in total. The van der Waals surface area contributed by atoms with Crippen LogP contribution in [0.25, 0.3) is 0 Å². The molecular weight excluding hydrogens is 386 g/mol. The van der Waals surface area contributed by atoms with Crippen LogP contribution in [0.4, 0.5) is 17.1 Å². The van der Waals surface area contributed by atoms with Gasteiger partial charge in [-0.05, 0) is 36.4 Å². The number of imide groups is 1. The van der Waals surface area contributed by atoms with Gasteiger partial charge in [-0.2, -0.15) is 0 Å². The molecule has 1 atom stereocenters. The Hall–Kier alpha value is -3.39. The molecule has 2 aliphatic rings. The van der Waals surface area contributed by atoms with Crippen LogP contribution in [0, 0.1) is 0 Å². The van der Waals surface area contributed by atoms with E-state index in [4.69, 9.17) is 9.47 Å². The summed E-state index contributed by atoms with van der Waals surface area (Å²) >= 11 is 0. The maximum Gasteiger partial charge on any atom is 0.308 e. The van der Waals surface area contributed by atoms with E-state index in [0.717, 1.165) is 29.4 Å². The lowest BCUT2D eigenvalue weighted by Crippen LogP contribution is -2.36. The standard InChI is InChI=1S/C22H23N3O5/c1-15(26)30-19-4-2-3-18(13-19)25-21(27)14-20(22(25)28)23-16-5-7-17(8-6-16)24-9-11-29-12-10-24/h2-8,13,20,23H,9-12,14H2,1H3/t20-/m1/s1. The fourth-order valence-electron chi connectivity index (χ4n) is 3.66. The van der Waals surface area contributed by atoms with Gasteiger partial charge in [0.2, 0.25) is 5.91 Å². The predicted octanol–water partition coefficient (Wildman–Crippen LogP) is 2.19. The van der Waals surface area contributed by atoms with E-state index < -0.39 is 12.0 Å². The Kier molecular flexibility index (Phi) is 5.67. The summed E-state index contributed by atoms with van der Waals surface area (Å²) in [4.78, 5) is 39.9. The van der Waals surface area contributed by atoms with Crippen molar-refractivity contribution in [1.82, 2.24) is 0 Å². The molecule has 2 saturated heterocycles. The van der Waals surface area contributed by atoms with Gasteiger partial charge in [0.25, 0.3) is 5.91 Å². The van der Waals surface area contributed by atoms with E-state index in [1.165, 1.54) is 13.0 Å². The van der Waals surface area contributed by atoms with E-state index in [1.807, 2.05) is 24.3 Å². The Morgan fingerprint density at radius 1 is 1.07 bits per heavy atom. The highest BCUT2D eigenvalue weighted by Crippen LogP contribution is 2.28. The molecular formula is C22H23N3O5. The molecule has 2 aromatic rings. The number of nitrogens with zero attached hydrogens (tertiary/aromatic N) is 2. The number of morpholine rings is 1. The summed E-state index contributed by atoms with van der Waals surface area (Å²) in [5.74, 6) is -0.818. The quantitative estimate of drug-likeness (QED) is 0.460. The number of rotatable bonds is 5. The lowest BCUT2D eigenvalue weighted by atomic mass is 10.2. The van der Waals surface area contributed by atoms with Crippen molar-refractivity contribution in [3.63, 3.8) is 0 Å². The third-order valence-corrected chi connectivity index (χ3v) is 5.07. The number of carbonyl (C=O) groups excluding carboxylic acids is 3. The van der Waals surface area contributed by atoms with Gasteiger partial charge < -0.3 is 19.7 Å². The number of benzene rings is 2. The monoisotopic (exact) mass is 409 g/mol. The molecule has 156 valence electrons. The first-order chi connectivity index (χ1) is 14.5. The third kappa shape index (κ3) is 4.28. The summed E-state index contributed by atoms with van der Waals surface area (Å²) in [6.45, 7) is 4.43. The van der Waals surface area contributed by atoms with Crippen LogP contribution >= 0.6 is 0 Å². The first-order valence-corrected chi connectivity index (χ1v) is 9.86. The molecule has 0 unspecified atom stereocenters. The maximum absolute atomic E-state index is 12.9. The molecule has 0 bridgehead atoms. The summed E-state index contributed by atoms with van der Waals surface area (Å²) < 4.78 is 10.4. The van der Waals surface area contributed by atoms with Crippen molar-refractivity contribution in [2.24, 2.45) is 0 Å². The molecule has 30 heavy (non-hydrogen) atoms. The van der Waals surface area contributed by atoms with Gasteiger partial charge in [0, 0.05) is 37.5 Å². The van der Waals surface area contributed by atoms with Crippen LogP contribution in [0.3, 0.4) is 0 Å². The molecule has 2 fully saturated rings. The van der Waals surface area contributed by atoms with Gasteiger partial charge in [-0.3, -0.25) is 14.4 Å². The van der Waals surface area contributed by atoms with Crippen LogP contribution in [0.15, 0.2) is 48.5 Å². The average Bonchev–Trinajstić information content (AvgIpc) is 3.02. The first kappa shape index (κ1) is 19.9. The van der Waals surface area contributed by atoms with E-state index in [9.17, 15) is 14.4 Å². The summed E-state index contributed by atoms with van der Waals surface area (Å²) in [5, 5.41) is 3.16. The van der Waals surface area contributed by atoms with Crippen LogP contribution in [-0.4, -0.2) is 50.1 Å². The molecule has 2 amide bonds. The van der Waals surface area contributed by atoms with E-state index in [2.05, 4.69) is 10.2 Å². The lowest BCUT2D eigenvalue weighted by Gasteiger charge is -2.29. The van der Waals surface area contributed by atoms with Gasteiger partial charge in [-0.15, -0.1) is 0 Å². The number of ether oxygens (including phenoxy) is 2. The fourth-order valence-corrected chi connectivity index (χ4v) is 3.66. The van der Waals surface area contributed by atoms with Crippen molar-refractivity contribution in [3.8, 4) is 5.75 Å². The Balaban J connectivity index is 1.44. The van der Waals surface area contributed by atoms with E-state index in [-0.39, 0.29) is 24.0 Å². The highest BCUT2D eigenvalue weighted by atomic mass is 16.5. The summed E-state index contributed by atoms with van der Waals surface area (Å²) in [6, 6.07) is 13.5. The van der Waals surface area contributed by atoms with E-state index >= 15 is 0 Å². The molecule has 2 aromatic carbocycles. The normalized spacial score (nSPS) is 19.2. The van der Waals surface area contributed by atoms with Gasteiger partial charge in [0.15, 0.2) is 0 Å². The molecule has 1 N–H and O–H groups in total. The van der Waals surface area contributed by atoms with Crippen molar-refractivity contribution < 1.29 is 23.9 Å². The maximum atomic E-state index is 12.9. The second-order valence-electron chi connectivity index (χ2n) is 7.21. The van der Waals surface area contributed by atoms with Crippen molar-refractivity contribution in [3.05, 3.63) is 48.5 Å². The highest BCUT2D eigenvalue weighted by molar-refractivity contribution is 6.23. The fraction of sp³-hybridized carbons (Fsp3) is 0.318. The van der Waals surface area contributed by atoms with E-state index in [0.29, 0.717) is 18.9 Å². The molecule has 2 aliphatic heterocycles. The average molecular weight is 409 g/mol. The smallest absolute Gasteiger partial charge is 0.308 e. The van der Waals surface area contributed by atoms with Crippen LogP contribution in [-0.2, 0) is 19.1 Å². The second-order valence-corrected chi connectivity index (χ2v) is 7.21. The minimum absolute atomic E-state index is 0.0574. The molecule has 4 rings (SSSR count). The lowest BCUT2D eigenvalue weighted by molar-refractivity contribution is -0.131. The Morgan fingerprint density at radius 3 is 2.50 bits per heavy atom. The molecule has 0 spiro atoms. The minimum atomic E-state index is -0.649.